The van der Waals surface area contributed by atoms with Gasteiger partial charge in [-0.1, -0.05) is 6.08 Å². The van der Waals surface area contributed by atoms with Gasteiger partial charge in [0.1, 0.15) is 5.75 Å². The summed E-state index contributed by atoms with van der Waals surface area (Å²) in [5, 5.41) is 2.69. The highest BCUT2D eigenvalue weighted by molar-refractivity contribution is 6.00. The molecule has 0 aromatic heterocycles. The van der Waals surface area contributed by atoms with Gasteiger partial charge in [-0.2, -0.15) is 0 Å². The predicted molar refractivity (Wildman–Crippen MR) is 92.2 cm³/mol. The Balaban J connectivity index is 1.89. The quantitative estimate of drug-likeness (QED) is 0.594. The third-order valence-electron chi connectivity index (χ3n) is 3.80. The van der Waals surface area contributed by atoms with Crippen LogP contribution in [0.25, 0.3) is 0 Å². The SMILES string of the molecule is CCOc1ccc(N2CC(C(=O)NC/C=C/C(=O)OC)CC2=O)cc1. The van der Waals surface area contributed by atoms with Crippen LogP contribution in [0.4, 0.5) is 5.69 Å². The predicted octanol–water partition coefficient (Wildman–Crippen LogP) is 1.28. The summed E-state index contributed by atoms with van der Waals surface area (Å²) in [5.41, 5.74) is 0.745. The number of rotatable bonds is 7. The number of methoxy groups -OCH3 is 1. The van der Waals surface area contributed by atoms with Crippen LogP contribution in [0.5, 0.6) is 5.75 Å². The fourth-order valence-corrected chi connectivity index (χ4v) is 2.55. The number of ether oxygens (including phenoxy) is 2. The second-order valence-electron chi connectivity index (χ2n) is 5.50. The molecule has 1 unspecified atom stereocenters. The highest BCUT2D eigenvalue weighted by Crippen LogP contribution is 2.26. The average Bonchev–Trinajstić information content (AvgIpc) is 3.01. The van der Waals surface area contributed by atoms with Crippen LogP contribution in [-0.4, -0.2) is 44.6 Å². The van der Waals surface area contributed by atoms with Crippen LogP contribution in [-0.2, 0) is 19.1 Å². The second kappa shape index (κ2) is 8.86. The first-order chi connectivity index (χ1) is 12.0. The molecule has 1 aliphatic rings. The molecule has 0 bridgehead atoms. The summed E-state index contributed by atoms with van der Waals surface area (Å²) in [5.74, 6) is -0.451. The normalized spacial score (nSPS) is 17.0. The Morgan fingerprint density at radius 2 is 2.04 bits per heavy atom. The summed E-state index contributed by atoms with van der Waals surface area (Å²) in [6.45, 7) is 3.02. The maximum atomic E-state index is 12.2. The molecule has 1 atom stereocenters. The highest BCUT2D eigenvalue weighted by Gasteiger charge is 2.34. The maximum Gasteiger partial charge on any atom is 0.330 e. The lowest BCUT2D eigenvalue weighted by Crippen LogP contribution is -2.33. The number of benzene rings is 1. The number of nitrogens with zero attached hydrogens (tertiary/aromatic N) is 1. The van der Waals surface area contributed by atoms with Gasteiger partial charge >= 0.3 is 5.97 Å². The topological polar surface area (TPSA) is 84.9 Å². The molecule has 7 heteroatoms. The van der Waals surface area contributed by atoms with E-state index in [1.165, 1.54) is 19.3 Å². The second-order valence-corrected chi connectivity index (χ2v) is 5.50. The molecule has 0 spiro atoms. The summed E-state index contributed by atoms with van der Waals surface area (Å²) in [6, 6.07) is 7.22. The van der Waals surface area contributed by atoms with Gasteiger partial charge in [-0.25, -0.2) is 4.79 Å². The lowest BCUT2D eigenvalue weighted by Gasteiger charge is -2.17. The molecule has 134 valence electrons. The van der Waals surface area contributed by atoms with Gasteiger partial charge in [0.05, 0.1) is 19.6 Å². The van der Waals surface area contributed by atoms with Crippen molar-refractivity contribution in [3.05, 3.63) is 36.4 Å². The number of nitrogens with one attached hydrogen (secondary N) is 1. The van der Waals surface area contributed by atoms with Crippen molar-refractivity contribution in [2.24, 2.45) is 5.92 Å². The van der Waals surface area contributed by atoms with Crippen molar-refractivity contribution in [1.29, 1.82) is 0 Å². The van der Waals surface area contributed by atoms with E-state index in [0.717, 1.165) is 11.4 Å². The Bertz CT molecular complexity index is 654. The number of amides is 2. The molecular weight excluding hydrogens is 324 g/mol. The molecule has 7 nitrogen and oxygen atoms in total. The molecule has 25 heavy (non-hydrogen) atoms. The lowest BCUT2D eigenvalue weighted by atomic mass is 10.1. The average molecular weight is 346 g/mol. The van der Waals surface area contributed by atoms with E-state index in [4.69, 9.17) is 4.74 Å². The minimum Gasteiger partial charge on any atom is -0.494 e. The van der Waals surface area contributed by atoms with Gasteiger partial charge in [-0.05, 0) is 31.2 Å². The number of hydrogen-bond acceptors (Lipinski definition) is 5. The van der Waals surface area contributed by atoms with E-state index in [1.54, 1.807) is 17.0 Å². The number of carbonyl (C=O) groups excluding carboxylic acids is 3. The lowest BCUT2D eigenvalue weighted by molar-refractivity contribution is -0.135. The van der Waals surface area contributed by atoms with Crippen molar-refractivity contribution in [1.82, 2.24) is 5.32 Å². The maximum absolute atomic E-state index is 12.2. The summed E-state index contributed by atoms with van der Waals surface area (Å²) in [7, 11) is 1.28. The van der Waals surface area contributed by atoms with Gasteiger partial charge in [-0.3, -0.25) is 9.59 Å². The molecule has 1 aromatic carbocycles. The van der Waals surface area contributed by atoms with Crippen molar-refractivity contribution < 1.29 is 23.9 Å². The Labute approximate surface area is 146 Å². The molecule has 1 aromatic rings. The minimum atomic E-state index is -0.480. The van der Waals surface area contributed by atoms with Crippen LogP contribution in [0.3, 0.4) is 0 Å². The molecule has 1 aliphatic heterocycles. The van der Waals surface area contributed by atoms with Gasteiger partial charge in [0.2, 0.25) is 11.8 Å². The van der Waals surface area contributed by atoms with Crippen molar-refractivity contribution in [2.75, 3.05) is 31.7 Å². The number of anilines is 1. The van der Waals surface area contributed by atoms with Crippen LogP contribution < -0.4 is 15.0 Å². The van der Waals surface area contributed by atoms with Gasteiger partial charge in [0.15, 0.2) is 0 Å². The molecule has 1 fully saturated rings. The van der Waals surface area contributed by atoms with Crippen molar-refractivity contribution in [2.45, 2.75) is 13.3 Å². The van der Waals surface area contributed by atoms with E-state index in [-0.39, 0.29) is 24.8 Å². The Kier molecular flexibility index (Phi) is 6.56. The third kappa shape index (κ3) is 5.07. The smallest absolute Gasteiger partial charge is 0.330 e. The first-order valence-electron chi connectivity index (χ1n) is 8.10. The zero-order valence-corrected chi connectivity index (χ0v) is 14.4. The number of carbonyl (C=O) groups is 3. The molecule has 1 N–H and O–H groups in total. The summed E-state index contributed by atoms with van der Waals surface area (Å²) in [4.78, 5) is 36.9. The van der Waals surface area contributed by atoms with Crippen molar-refractivity contribution in [3.63, 3.8) is 0 Å². The fourth-order valence-electron chi connectivity index (χ4n) is 2.55. The van der Waals surface area contributed by atoms with E-state index < -0.39 is 11.9 Å². The first-order valence-corrected chi connectivity index (χ1v) is 8.10. The summed E-state index contributed by atoms with van der Waals surface area (Å²) in [6.07, 6.45) is 2.91. The van der Waals surface area contributed by atoms with E-state index in [1.807, 2.05) is 19.1 Å². The molecule has 0 saturated carbocycles. The molecule has 2 amide bonds. The third-order valence-corrected chi connectivity index (χ3v) is 3.80. The molecule has 0 radical (unpaired) electrons. The molecule has 1 saturated heterocycles. The van der Waals surface area contributed by atoms with Gasteiger partial charge in [0, 0.05) is 31.3 Å². The Morgan fingerprint density at radius 1 is 1.32 bits per heavy atom. The standard InChI is InChI=1S/C18H22N2O5/c1-3-25-15-8-6-14(7-9-15)20-12-13(11-16(20)21)18(23)19-10-4-5-17(22)24-2/h4-9,13H,3,10-12H2,1-2H3,(H,19,23)/b5-4+. The first kappa shape index (κ1) is 18.5. The van der Waals surface area contributed by atoms with Crippen LogP contribution in [0, 0.1) is 5.92 Å². The van der Waals surface area contributed by atoms with Gasteiger partial charge in [-0.15, -0.1) is 0 Å². The largest absolute Gasteiger partial charge is 0.494 e. The highest BCUT2D eigenvalue weighted by atomic mass is 16.5. The minimum absolute atomic E-state index is 0.0885. The van der Waals surface area contributed by atoms with Crippen LogP contribution in [0.15, 0.2) is 36.4 Å². The summed E-state index contributed by atoms with van der Waals surface area (Å²) < 4.78 is 9.84. The van der Waals surface area contributed by atoms with Crippen LogP contribution >= 0.6 is 0 Å². The van der Waals surface area contributed by atoms with Crippen molar-refractivity contribution in [3.8, 4) is 5.75 Å². The van der Waals surface area contributed by atoms with Crippen LogP contribution in [0.2, 0.25) is 0 Å². The van der Waals surface area contributed by atoms with Crippen molar-refractivity contribution >= 4 is 23.5 Å². The van der Waals surface area contributed by atoms with Gasteiger partial charge in [0.25, 0.3) is 0 Å². The monoisotopic (exact) mass is 346 g/mol. The van der Waals surface area contributed by atoms with Crippen LogP contribution in [0.1, 0.15) is 13.3 Å². The zero-order chi connectivity index (χ0) is 18.2. The molecule has 0 aliphatic carbocycles. The van der Waals surface area contributed by atoms with Gasteiger partial charge < -0.3 is 19.7 Å². The number of esters is 1. The Morgan fingerprint density at radius 3 is 2.68 bits per heavy atom. The molecule has 2 rings (SSSR count). The van der Waals surface area contributed by atoms with E-state index in [2.05, 4.69) is 10.1 Å². The molecular formula is C18H22N2O5. The summed E-state index contributed by atoms with van der Waals surface area (Å²) >= 11 is 0. The Hall–Kier alpha value is -2.83. The zero-order valence-electron chi connectivity index (χ0n) is 14.4. The fraction of sp³-hybridized carbons (Fsp3) is 0.389. The van der Waals surface area contributed by atoms with E-state index in [9.17, 15) is 14.4 Å². The number of hydrogen-bond donors (Lipinski definition) is 1. The van der Waals surface area contributed by atoms with E-state index in [0.29, 0.717) is 13.2 Å². The molecule has 1 heterocycles. The van der Waals surface area contributed by atoms with E-state index >= 15 is 0 Å².